The highest BCUT2D eigenvalue weighted by Crippen LogP contribution is 2.37. The van der Waals surface area contributed by atoms with Gasteiger partial charge in [0.05, 0.1) is 5.57 Å². The minimum atomic E-state index is -0.468. The predicted octanol–water partition coefficient (Wildman–Crippen LogP) is 2.18. The largest absolute Gasteiger partial charge is 0.366 e. The van der Waals surface area contributed by atoms with Gasteiger partial charge >= 0.3 is 0 Å². The summed E-state index contributed by atoms with van der Waals surface area (Å²) in [5, 5.41) is 9.70. The Morgan fingerprint density at radius 2 is 2.12 bits per heavy atom. The molecule has 0 spiro atoms. The molecule has 0 fully saturated rings. The molecular weight excluding hydrogens is 324 g/mol. The lowest BCUT2D eigenvalue weighted by Crippen LogP contribution is -2.31. The van der Waals surface area contributed by atoms with Crippen LogP contribution in [0.2, 0.25) is 0 Å². The summed E-state index contributed by atoms with van der Waals surface area (Å²) in [7, 11) is 0. The number of carbonyl (C=O) groups excluding carboxylic acids is 1. The Bertz CT molecular complexity index is 929. The maximum Gasteiger partial charge on any atom is 0.248 e. The number of amides is 1. The molecule has 1 atom stereocenters. The Morgan fingerprint density at radius 1 is 1.33 bits per heavy atom. The van der Waals surface area contributed by atoms with Crippen LogP contribution < -0.4 is 11.1 Å². The number of thiophene rings is 1. The number of anilines is 1. The smallest absolute Gasteiger partial charge is 0.248 e. The van der Waals surface area contributed by atoms with Crippen LogP contribution >= 0.6 is 11.3 Å². The van der Waals surface area contributed by atoms with Crippen LogP contribution in [-0.4, -0.2) is 25.7 Å². The van der Waals surface area contributed by atoms with E-state index in [0.29, 0.717) is 23.0 Å². The van der Waals surface area contributed by atoms with Gasteiger partial charge in [0, 0.05) is 28.5 Å². The van der Waals surface area contributed by atoms with E-state index < -0.39 is 5.91 Å². The van der Waals surface area contributed by atoms with Crippen LogP contribution in [0, 0.1) is 0 Å². The Kier molecular flexibility index (Phi) is 3.39. The number of nitrogens with one attached hydrogen (secondary N) is 1. The van der Waals surface area contributed by atoms with Crippen molar-refractivity contribution in [1.29, 1.82) is 0 Å². The first-order valence-electron chi connectivity index (χ1n) is 7.33. The Labute approximate surface area is 141 Å². The maximum atomic E-state index is 12.0. The fourth-order valence-corrected chi connectivity index (χ4v) is 3.62. The van der Waals surface area contributed by atoms with E-state index in [2.05, 4.69) is 20.4 Å². The van der Waals surface area contributed by atoms with E-state index in [1.54, 1.807) is 28.4 Å². The molecule has 0 bridgehead atoms. The van der Waals surface area contributed by atoms with Gasteiger partial charge in [-0.05, 0) is 30.5 Å². The lowest BCUT2D eigenvalue weighted by atomic mass is 10.0. The van der Waals surface area contributed by atoms with Gasteiger partial charge in [0.15, 0.2) is 5.82 Å². The van der Waals surface area contributed by atoms with E-state index in [9.17, 15) is 4.79 Å². The number of hydrogen-bond donors (Lipinski definition) is 2. The number of aromatic nitrogens is 4. The lowest BCUT2D eigenvalue weighted by Gasteiger charge is -2.26. The molecule has 4 heterocycles. The number of fused-ring (bicyclic) bond motifs is 1. The van der Waals surface area contributed by atoms with Gasteiger partial charge in [-0.3, -0.25) is 9.78 Å². The molecule has 0 aromatic carbocycles. The number of rotatable bonds is 3. The molecule has 1 amide bonds. The number of nitrogens with two attached hydrogens (primary N) is 1. The molecule has 0 aliphatic carbocycles. The fraction of sp³-hybridized carbons (Fsp3) is 0.125. The zero-order valence-corrected chi connectivity index (χ0v) is 13.6. The van der Waals surface area contributed by atoms with Crippen molar-refractivity contribution < 1.29 is 4.79 Å². The normalized spacial score (nSPS) is 16.6. The summed E-state index contributed by atoms with van der Waals surface area (Å²) in [6, 6.07) is 7.22. The first-order chi connectivity index (χ1) is 11.6. The molecule has 120 valence electrons. The van der Waals surface area contributed by atoms with Crippen LogP contribution in [0.25, 0.3) is 11.4 Å². The Morgan fingerprint density at radius 3 is 2.79 bits per heavy atom. The molecule has 0 unspecified atom stereocenters. The van der Waals surface area contributed by atoms with Gasteiger partial charge in [-0.2, -0.15) is 4.98 Å². The van der Waals surface area contributed by atoms with Gasteiger partial charge in [-0.25, -0.2) is 4.68 Å². The molecular formula is C16H14N6OS. The van der Waals surface area contributed by atoms with Gasteiger partial charge in [-0.15, -0.1) is 16.4 Å². The molecule has 3 aromatic rings. The van der Waals surface area contributed by atoms with Crippen molar-refractivity contribution in [3.63, 3.8) is 0 Å². The molecule has 0 saturated carbocycles. The Balaban J connectivity index is 1.88. The first kappa shape index (κ1) is 14.6. The molecule has 7 nitrogen and oxygen atoms in total. The molecule has 1 aliphatic heterocycles. The first-order valence-corrected chi connectivity index (χ1v) is 8.21. The molecule has 1 aliphatic rings. The molecule has 0 radical (unpaired) electrons. The summed E-state index contributed by atoms with van der Waals surface area (Å²) in [5.74, 6) is 0.688. The number of nitrogens with zero attached hydrogens (tertiary/aromatic N) is 4. The highest BCUT2D eigenvalue weighted by molar-refractivity contribution is 7.10. The molecule has 3 aromatic heterocycles. The summed E-state index contributed by atoms with van der Waals surface area (Å²) in [6.07, 6.45) is 3.38. The van der Waals surface area contributed by atoms with Gasteiger partial charge in [0.1, 0.15) is 6.04 Å². The zero-order chi connectivity index (χ0) is 16.7. The van der Waals surface area contributed by atoms with E-state index >= 15 is 0 Å². The Hall–Kier alpha value is -3.00. The highest BCUT2D eigenvalue weighted by atomic mass is 32.1. The SMILES string of the molecule is CC1=C(C(N)=O)[C@@H](c2cccs2)n2nc(-c3ccncc3)nc2N1. The highest BCUT2D eigenvalue weighted by Gasteiger charge is 2.33. The summed E-state index contributed by atoms with van der Waals surface area (Å²) >= 11 is 1.55. The van der Waals surface area contributed by atoms with Gasteiger partial charge in [0.2, 0.25) is 11.9 Å². The van der Waals surface area contributed by atoms with Gasteiger partial charge < -0.3 is 11.1 Å². The summed E-state index contributed by atoms with van der Waals surface area (Å²) in [5.41, 5.74) is 7.68. The third-order valence-corrected chi connectivity index (χ3v) is 4.79. The van der Waals surface area contributed by atoms with Crippen molar-refractivity contribution in [2.75, 3.05) is 5.32 Å². The lowest BCUT2D eigenvalue weighted by molar-refractivity contribution is -0.115. The van der Waals surface area contributed by atoms with Crippen LogP contribution in [0.15, 0.2) is 53.3 Å². The number of carbonyl (C=O) groups is 1. The van der Waals surface area contributed by atoms with E-state index in [0.717, 1.165) is 10.4 Å². The second-order valence-corrected chi connectivity index (χ2v) is 6.36. The monoisotopic (exact) mass is 338 g/mol. The molecule has 8 heteroatoms. The van der Waals surface area contributed by atoms with Crippen molar-refractivity contribution in [3.05, 3.63) is 58.2 Å². The van der Waals surface area contributed by atoms with Crippen molar-refractivity contribution in [2.24, 2.45) is 5.73 Å². The van der Waals surface area contributed by atoms with Crippen LogP contribution in [0.4, 0.5) is 5.95 Å². The fourth-order valence-electron chi connectivity index (χ4n) is 2.80. The predicted molar refractivity (Wildman–Crippen MR) is 91.2 cm³/mol. The minimum absolute atomic E-state index is 0.373. The second kappa shape index (κ2) is 5.57. The third-order valence-electron chi connectivity index (χ3n) is 3.87. The quantitative estimate of drug-likeness (QED) is 0.762. The van der Waals surface area contributed by atoms with Crippen molar-refractivity contribution in [2.45, 2.75) is 13.0 Å². The molecule has 0 saturated heterocycles. The summed E-state index contributed by atoms with van der Waals surface area (Å²) in [4.78, 5) is 21.6. The average molecular weight is 338 g/mol. The topological polar surface area (TPSA) is 98.7 Å². The minimum Gasteiger partial charge on any atom is -0.366 e. The summed E-state index contributed by atoms with van der Waals surface area (Å²) in [6.45, 7) is 1.82. The zero-order valence-electron chi connectivity index (χ0n) is 12.8. The third kappa shape index (κ3) is 2.28. The maximum absolute atomic E-state index is 12.0. The van der Waals surface area contributed by atoms with Gasteiger partial charge in [-0.1, -0.05) is 6.07 Å². The average Bonchev–Trinajstić information content (AvgIpc) is 3.23. The van der Waals surface area contributed by atoms with E-state index in [1.807, 2.05) is 36.6 Å². The van der Waals surface area contributed by atoms with Crippen LogP contribution in [-0.2, 0) is 4.79 Å². The number of hydrogen-bond acceptors (Lipinski definition) is 6. The second-order valence-electron chi connectivity index (χ2n) is 5.39. The standard InChI is InChI=1S/C16H14N6OS/c1-9-12(14(17)23)13(11-3-2-8-24-11)22-16(19-9)20-15(21-22)10-4-6-18-7-5-10/h2-8,13H,1H3,(H2,17,23)(H,19,20,21)/t13-/m1/s1. The van der Waals surface area contributed by atoms with Crippen LogP contribution in [0.5, 0.6) is 0 Å². The van der Waals surface area contributed by atoms with Gasteiger partial charge in [0.25, 0.3) is 0 Å². The molecule has 4 rings (SSSR count). The van der Waals surface area contributed by atoms with E-state index in [-0.39, 0.29) is 6.04 Å². The number of allylic oxidation sites excluding steroid dienone is 1. The van der Waals surface area contributed by atoms with Crippen molar-refractivity contribution in [3.8, 4) is 11.4 Å². The van der Waals surface area contributed by atoms with Crippen LogP contribution in [0.3, 0.4) is 0 Å². The number of pyridine rings is 1. The number of primary amides is 1. The molecule has 3 N–H and O–H groups in total. The molecule has 24 heavy (non-hydrogen) atoms. The van der Waals surface area contributed by atoms with Crippen molar-refractivity contribution in [1.82, 2.24) is 19.7 Å². The van der Waals surface area contributed by atoms with E-state index in [1.165, 1.54) is 0 Å². The van der Waals surface area contributed by atoms with Crippen molar-refractivity contribution >= 4 is 23.2 Å². The van der Waals surface area contributed by atoms with Crippen LogP contribution in [0.1, 0.15) is 17.8 Å². The van der Waals surface area contributed by atoms with E-state index in [4.69, 9.17) is 5.73 Å². The summed E-state index contributed by atoms with van der Waals surface area (Å²) < 4.78 is 1.72.